The van der Waals surface area contributed by atoms with E-state index in [-0.39, 0.29) is 0 Å². The van der Waals surface area contributed by atoms with Gasteiger partial charge in [-0.15, -0.1) is 0 Å². The first kappa shape index (κ1) is 31.7. The van der Waals surface area contributed by atoms with E-state index in [4.69, 9.17) is 9.97 Å². The standard InChI is InChI=1S/C54H33N3/c1-2-20-36(21-3-1)57-50-31-13-12-28-45(50)52-51-42-26-10-8-24-39(42)46(32-47(51)40-25-9-11-27-43(40)53(52)57)49-33-48(41-29-14-18-34-16-4-6-22-37(34)41)55-54(56-49)44-30-15-19-35-17-5-7-23-38(35)44/h1-33H. The molecule has 0 saturated heterocycles. The molecular formula is C54H33N3. The van der Waals surface area contributed by atoms with Crippen LogP contribution < -0.4 is 0 Å². The van der Waals surface area contributed by atoms with Gasteiger partial charge in [-0.1, -0.05) is 170 Å². The Kier molecular flexibility index (Phi) is 6.93. The molecule has 3 heteroatoms. The van der Waals surface area contributed by atoms with E-state index in [9.17, 15) is 0 Å². The highest BCUT2D eigenvalue weighted by molar-refractivity contribution is 6.38. The van der Waals surface area contributed by atoms with E-state index in [0.29, 0.717) is 5.82 Å². The third kappa shape index (κ3) is 4.79. The average Bonchev–Trinajstić information content (AvgIpc) is 3.64. The Balaban J connectivity index is 1.24. The van der Waals surface area contributed by atoms with Gasteiger partial charge in [0.05, 0.1) is 22.4 Å². The lowest BCUT2D eigenvalue weighted by atomic mass is 9.89. The average molecular weight is 724 g/mol. The molecule has 10 aromatic carbocycles. The van der Waals surface area contributed by atoms with E-state index in [1.165, 1.54) is 59.5 Å². The summed E-state index contributed by atoms with van der Waals surface area (Å²) < 4.78 is 2.45. The highest BCUT2D eigenvalue weighted by Crippen LogP contribution is 2.47. The number of benzene rings is 10. The summed E-state index contributed by atoms with van der Waals surface area (Å²) in [6.45, 7) is 0. The first-order chi connectivity index (χ1) is 28.3. The van der Waals surface area contributed by atoms with Crippen LogP contribution in [-0.4, -0.2) is 14.5 Å². The van der Waals surface area contributed by atoms with E-state index >= 15 is 0 Å². The molecule has 264 valence electrons. The number of rotatable bonds is 4. The van der Waals surface area contributed by atoms with E-state index in [1.54, 1.807) is 0 Å². The van der Waals surface area contributed by atoms with Crippen LogP contribution in [0.25, 0.3) is 115 Å². The Labute approximate surface area is 328 Å². The smallest absolute Gasteiger partial charge is 0.161 e. The number of hydrogen-bond donors (Lipinski definition) is 0. The molecule has 0 aliphatic carbocycles. The third-order valence-electron chi connectivity index (χ3n) is 11.8. The molecule has 0 atom stereocenters. The highest BCUT2D eigenvalue weighted by atomic mass is 15.0. The van der Waals surface area contributed by atoms with Crippen molar-refractivity contribution in [2.75, 3.05) is 0 Å². The van der Waals surface area contributed by atoms with Crippen LogP contribution in [-0.2, 0) is 0 Å². The van der Waals surface area contributed by atoms with Crippen LogP contribution >= 0.6 is 0 Å². The largest absolute Gasteiger partial charge is 0.309 e. The minimum Gasteiger partial charge on any atom is -0.309 e. The van der Waals surface area contributed by atoms with Gasteiger partial charge < -0.3 is 4.57 Å². The first-order valence-corrected chi connectivity index (χ1v) is 19.5. The number of para-hydroxylation sites is 2. The monoisotopic (exact) mass is 723 g/mol. The molecule has 12 aromatic rings. The molecule has 0 saturated carbocycles. The highest BCUT2D eigenvalue weighted by Gasteiger charge is 2.23. The maximum Gasteiger partial charge on any atom is 0.161 e. The molecule has 0 N–H and O–H groups in total. The number of aromatic nitrogens is 3. The zero-order valence-electron chi connectivity index (χ0n) is 30.9. The van der Waals surface area contributed by atoms with Crippen molar-refractivity contribution >= 4 is 75.7 Å². The normalized spacial score (nSPS) is 11.9. The summed E-state index contributed by atoms with van der Waals surface area (Å²) in [5.74, 6) is 0.711. The Morgan fingerprint density at radius 2 is 0.842 bits per heavy atom. The fourth-order valence-corrected chi connectivity index (χ4v) is 9.30. The van der Waals surface area contributed by atoms with Crippen molar-refractivity contribution in [1.29, 1.82) is 0 Å². The van der Waals surface area contributed by atoms with Crippen molar-refractivity contribution in [3.05, 3.63) is 200 Å². The fourth-order valence-electron chi connectivity index (χ4n) is 9.30. The van der Waals surface area contributed by atoms with Gasteiger partial charge in [0, 0.05) is 43.9 Å². The van der Waals surface area contributed by atoms with Gasteiger partial charge in [0.15, 0.2) is 5.82 Å². The van der Waals surface area contributed by atoms with Crippen LogP contribution in [0.4, 0.5) is 0 Å². The minimum atomic E-state index is 0.711. The van der Waals surface area contributed by atoms with Crippen LogP contribution in [0, 0.1) is 0 Å². The number of nitrogens with zero attached hydrogens (tertiary/aromatic N) is 3. The summed E-state index contributed by atoms with van der Waals surface area (Å²) in [6, 6.07) is 72.0. The van der Waals surface area contributed by atoms with Gasteiger partial charge >= 0.3 is 0 Å². The quantitative estimate of drug-likeness (QED) is 0.169. The Morgan fingerprint density at radius 3 is 1.58 bits per heavy atom. The molecule has 2 aromatic heterocycles. The zero-order chi connectivity index (χ0) is 37.5. The van der Waals surface area contributed by atoms with E-state index in [2.05, 4.69) is 205 Å². The van der Waals surface area contributed by atoms with Gasteiger partial charge in [0.1, 0.15) is 0 Å². The molecule has 0 fully saturated rings. The topological polar surface area (TPSA) is 30.7 Å². The second-order valence-electron chi connectivity index (χ2n) is 14.9. The lowest BCUT2D eigenvalue weighted by molar-refractivity contribution is 1.19. The molecule has 0 unspecified atom stereocenters. The van der Waals surface area contributed by atoms with Crippen molar-refractivity contribution in [1.82, 2.24) is 14.5 Å². The zero-order valence-corrected chi connectivity index (χ0v) is 30.9. The Morgan fingerprint density at radius 1 is 0.316 bits per heavy atom. The maximum atomic E-state index is 5.51. The summed E-state index contributed by atoms with van der Waals surface area (Å²) in [5, 5.41) is 14.4. The van der Waals surface area contributed by atoms with Gasteiger partial charge in [-0.05, 0) is 73.4 Å². The van der Waals surface area contributed by atoms with Crippen molar-refractivity contribution < 1.29 is 0 Å². The molecule has 0 bridgehead atoms. The molecule has 0 aliphatic heterocycles. The van der Waals surface area contributed by atoms with E-state index in [0.717, 1.165) is 49.9 Å². The molecule has 3 nitrogen and oxygen atoms in total. The van der Waals surface area contributed by atoms with Crippen molar-refractivity contribution in [2.45, 2.75) is 0 Å². The molecule has 0 radical (unpaired) electrons. The van der Waals surface area contributed by atoms with Crippen LogP contribution in [0.2, 0.25) is 0 Å². The summed E-state index contributed by atoms with van der Waals surface area (Å²) in [6.07, 6.45) is 0. The van der Waals surface area contributed by atoms with Crippen LogP contribution in [0.15, 0.2) is 200 Å². The Bertz CT molecular complexity index is 3470. The molecule has 0 spiro atoms. The van der Waals surface area contributed by atoms with Crippen molar-refractivity contribution in [3.8, 4) is 39.6 Å². The second kappa shape index (κ2) is 12.5. The summed E-state index contributed by atoms with van der Waals surface area (Å²) >= 11 is 0. The van der Waals surface area contributed by atoms with Crippen LogP contribution in [0.3, 0.4) is 0 Å². The molecule has 57 heavy (non-hydrogen) atoms. The predicted molar refractivity (Wildman–Crippen MR) is 240 cm³/mol. The lowest BCUT2D eigenvalue weighted by Gasteiger charge is -2.17. The van der Waals surface area contributed by atoms with Gasteiger partial charge in [0.2, 0.25) is 0 Å². The van der Waals surface area contributed by atoms with Crippen molar-refractivity contribution in [3.63, 3.8) is 0 Å². The van der Waals surface area contributed by atoms with Gasteiger partial charge in [0.25, 0.3) is 0 Å². The first-order valence-electron chi connectivity index (χ1n) is 19.5. The molecule has 0 amide bonds. The predicted octanol–water partition coefficient (Wildman–Crippen LogP) is 14.3. The number of fused-ring (bicyclic) bond motifs is 12. The Hall–Kier alpha value is -7.62. The SMILES string of the molecule is c1ccc(-n2c3ccccc3c3c4c5ccccc5c(-c5cc(-c6cccc7ccccc67)nc(-c6cccc7ccccc67)n5)cc4c4ccccc4c32)cc1. The summed E-state index contributed by atoms with van der Waals surface area (Å²) in [7, 11) is 0. The summed E-state index contributed by atoms with van der Waals surface area (Å²) in [5.41, 5.74) is 8.55. The van der Waals surface area contributed by atoms with E-state index < -0.39 is 0 Å². The van der Waals surface area contributed by atoms with Crippen molar-refractivity contribution in [2.24, 2.45) is 0 Å². The van der Waals surface area contributed by atoms with E-state index in [1.807, 2.05) is 0 Å². The molecular weight excluding hydrogens is 691 g/mol. The molecule has 0 aliphatic rings. The van der Waals surface area contributed by atoms with Crippen LogP contribution in [0.5, 0.6) is 0 Å². The number of hydrogen-bond acceptors (Lipinski definition) is 2. The summed E-state index contributed by atoms with van der Waals surface area (Å²) in [4.78, 5) is 10.9. The maximum absolute atomic E-state index is 5.51. The molecule has 2 heterocycles. The molecule has 12 rings (SSSR count). The lowest BCUT2D eigenvalue weighted by Crippen LogP contribution is -1.98. The second-order valence-corrected chi connectivity index (χ2v) is 14.9. The third-order valence-corrected chi connectivity index (χ3v) is 11.8. The fraction of sp³-hybridized carbons (Fsp3) is 0. The van der Waals surface area contributed by atoms with Crippen LogP contribution in [0.1, 0.15) is 0 Å². The van der Waals surface area contributed by atoms with Gasteiger partial charge in [-0.2, -0.15) is 0 Å². The minimum absolute atomic E-state index is 0.711. The van der Waals surface area contributed by atoms with Gasteiger partial charge in [-0.3, -0.25) is 0 Å². The van der Waals surface area contributed by atoms with Gasteiger partial charge in [-0.25, -0.2) is 9.97 Å².